The van der Waals surface area contributed by atoms with Crippen LogP contribution in [0.2, 0.25) is 0 Å². The zero-order valence-corrected chi connectivity index (χ0v) is 18.3. The van der Waals surface area contributed by atoms with Crippen molar-refractivity contribution in [2.24, 2.45) is 0 Å². The third kappa shape index (κ3) is 3.81. The number of nitrogens with zero attached hydrogens (tertiary/aromatic N) is 2. The van der Waals surface area contributed by atoms with Gasteiger partial charge in [-0.1, -0.05) is 24.3 Å². The minimum atomic E-state index is -0.0261. The molecule has 5 rings (SSSR count). The van der Waals surface area contributed by atoms with E-state index in [2.05, 4.69) is 9.97 Å². The number of pyridine rings is 1. The molecule has 5 nitrogen and oxygen atoms in total. The summed E-state index contributed by atoms with van der Waals surface area (Å²) < 4.78 is 11.6. The average molecular weight is 441 g/mol. The van der Waals surface area contributed by atoms with Crippen LogP contribution in [0.25, 0.3) is 11.1 Å². The minimum absolute atomic E-state index is 0.0261. The Labute approximate surface area is 190 Å². The Morgan fingerprint density at radius 1 is 0.875 bits per heavy atom. The van der Waals surface area contributed by atoms with Gasteiger partial charge in [-0.15, -0.1) is 11.3 Å². The zero-order valence-electron chi connectivity index (χ0n) is 17.4. The molecule has 6 heteroatoms. The van der Waals surface area contributed by atoms with E-state index in [0.717, 1.165) is 33.0 Å². The van der Waals surface area contributed by atoms with E-state index in [1.165, 1.54) is 0 Å². The quantitative estimate of drug-likeness (QED) is 0.357. The van der Waals surface area contributed by atoms with Gasteiger partial charge in [-0.2, -0.15) is 0 Å². The number of rotatable bonds is 7. The molecular formula is C26H20N2O3S. The van der Waals surface area contributed by atoms with Crippen LogP contribution in [0.15, 0.2) is 78.6 Å². The molecule has 32 heavy (non-hydrogen) atoms. The molecule has 0 saturated carbocycles. The summed E-state index contributed by atoms with van der Waals surface area (Å²) in [6.07, 6.45) is 3.44. The number of aromatic nitrogens is 2. The Hall–Kier alpha value is -3.77. The molecule has 0 unspecified atom stereocenters. The fourth-order valence-corrected chi connectivity index (χ4v) is 4.67. The highest BCUT2D eigenvalue weighted by Crippen LogP contribution is 2.45. The molecule has 0 N–H and O–H groups in total. The molecule has 0 saturated heterocycles. The van der Waals surface area contributed by atoms with Crippen LogP contribution in [0.5, 0.6) is 11.5 Å². The van der Waals surface area contributed by atoms with Gasteiger partial charge in [-0.3, -0.25) is 9.78 Å². The summed E-state index contributed by atoms with van der Waals surface area (Å²) in [5.41, 5.74) is 6.62. The van der Waals surface area contributed by atoms with Crippen molar-refractivity contribution in [1.82, 2.24) is 9.97 Å². The van der Waals surface area contributed by atoms with Crippen LogP contribution in [0.4, 0.5) is 0 Å². The first-order valence-corrected chi connectivity index (χ1v) is 11.2. The highest BCUT2D eigenvalue weighted by atomic mass is 32.1. The standard InChI is InChI=1S/C26H20N2O3S/c1-17-26(32-16-28-17)24-21-10-9-20(31-13-12-30-19-7-3-2-4-8-19)14-22(21)25(29)23(24)18-6-5-11-27-15-18/h2-11,14-16H,12-13H2,1H3. The number of ketones is 1. The number of ether oxygens (including phenoxy) is 2. The van der Waals surface area contributed by atoms with Gasteiger partial charge in [-0.25, -0.2) is 4.98 Å². The smallest absolute Gasteiger partial charge is 0.195 e. The molecule has 0 radical (unpaired) electrons. The summed E-state index contributed by atoms with van der Waals surface area (Å²) in [6, 6.07) is 19.1. The largest absolute Gasteiger partial charge is 0.490 e. The van der Waals surface area contributed by atoms with Crippen molar-refractivity contribution < 1.29 is 14.3 Å². The van der Waals surface area contributed by atoms with Gasteiger partial charge in [0.2, 0.25) is 0 Å². The Balaban J connectivity index is 1.42. The zero-order chi connectivity index (χ0) is 21.9. The van der Waals surface area contributed by atoms with Gasteiger partial charge in [0.15, 0.2) is 5.78 Å². The van der Waals surface area contributed by atoms with E-state index >= 15 is 0 Å². The number of benzene rings is 2. The fourth-order valence-electron chi connectivity index (χ4n) is 3.80. The lowest BCUT2D eigenvalue weighted by atomic mass is 9.99. The van der Waals surface area contributed by atoms with Crippen molar-refractivity contribution in [2.75, 3.05) is 13.2 Å². The number of hydrogen-bond donors (Lipinski definition) is 0. The van der Waals surface area contributed by atoms with E-state index < -0.39 is 0 Å². The lowest BCUT2D eigenvalue weighted by molar-refractivity contribution is 0.105. The first kappa shape index (κ1) is 20.2. The number of thiazole rings is 1. The molecule has 0 amide bonds. The van der Waals surface area contributed by atoms with Crippen LogP contribution in [0.1, 0.15) is 32.1 Å². The van der Waals surface area contributed by atoms with Gasteiger partial charge in [-0.05, 0) is 48.9 Å². The second-order valence-electron chi connectivity index (χ2n) is 7.31. The summed E-state index contributed by atoms with van der Waals surface area (Å²) in [7, 11) is 0. The molecule has 1 aliphatic rings. The molecule has 0 spiro atoms. The average Bonchev–Trinajstić information content (AvgIpc) is 3.38. The number of allylic oxidation sites excluding steroid dienone is 1. The third-order valence-corrected chi connectivity index (χ3v) is 6.21. The number of hydrogen-bond acceptors (Lipinski definition) is 6. The van der Waals surface area contributed by atoms with E-state index in [4.69, 9.17) is 9.47 Å². The summed E-state index contributed by atoms with van der Waals surface area (Å²) in [4.78, 5) is 23.1. The van der Waals surface area contributed by atoms with Crippen LogP contribution >= 0.6 is 11.3 Å². The van der Waals surface area contributed by atoms with E-state index in [9.17, 15) is 4.79 Å². The third-order valence-electron chi connectivity index (χ3n) is 5.27. The van der Waals surface area contributed by atoms with E-state index in [1.54, 1.807) is 23.7 Å². The van der Waals surface area contributed by atoms with Crippen molar-refractivity contribution in [3.8, 4) is 11.5 Å². The van der Waals surface area contributed by atoms with Gasteiger partial charge in [0, 0.05) is 34.7 Å². The van der Waals surface area contributed by atoms with Crippen LogP contribution < -0.4 is 9.47 Å². The second kappa shape index (κ2) is 8.77. The number of para-hydroxylation sites is 1. The predicted molar refractivity (Wildman–Crippen MR) is 125 cm³/mol. The summed E-state index contributed by atoms with van der Waals surface area (Å²) in [5.74, 6) is 1.42. The number of carbonyl (C=O) groups excluding carboxylic acids is 1. The van der Waals surface area contributed by atoms with Gasteiger partial charge in [0.05, 0.1) is 16.1 Å². The first-order valence-electron chi connectivity index (χ1n) is 10.3. The van der Waals surface area contributed by atoms with Gasteiger partial charge in [0.1, 0.15) is 24.7 Å². The Bertz CT molecular complexity index is 1300. The maximum absolute atomic E-state index is 13.5. The van der Waals surface area contributed by atoms with Crippen molar-refractivity contribution in [1.29, 1.82) is 0 Å². The van der Waals surface area contributed by atoms with Crippen LogP contribution in [0.3, 0.4) is 0 Å². The summed E-state index contributed by atoms with van der Waals surface area (Å²) in [6.45, 7) is 2.76. The van der Waals surface area contributed by atoms with Crippen molar-refractivity contribution >= 4 is 28.3 Å². The maximum atomic E-state index is 13.5. The molecular weight excluding hydrogens is 420 g/mol. The van der Waals surface area contributed by atoms with E-state index in [0.29, 0.717) is 30.1 Å². The van der Waals surface area contributed by atoms with E-state index in [1.807, 2.05) is 73.1 Å². The summed E-state index contributed by atoms with van der Waals surface area (Å²) in [5, 5.41) is 0. The highest BCUT2D eigenvalue weighted by Gasteiger charge is 2.33. The molecule has 2 aromatic heterocycles. The fraction of sp³-hybridized carbons (Fsp3) is 0.115. The second-order valence-corrected chi connectivity index (χ2v) is 8.16. The molecule has 0 atom stereocenters. The topological polar surface area (TPSA) is 61.3 Å². The number of aryl methyl sites for hydroxylation is 1. The number of Topliss-reactive ketones (excluding diaryl/α,β-unsaturated/α-hetero) is 1. The molecule has 0 fully saturated rings. The van der Waals surface area contributed by atoms with Gasteiger partial charge >= 0.3 is 0 Å². The van der Waals surface area contributed by atoms with Crippen molar-refractivity contribution in [3.63, 3.8) is 0 Å². The predicted octanol–water partition coefficient (Wildman–Crippen LogP) is 5.46. The Morgan fingerprint density at radius 3 is 2.41 bits per heavy atom. The van der Waals surface area contributed by atoms with Gasteiger partial charge in [0.25, 0.3) is 0 Å². The lowest BCUT2D eigenvalue weighted by Gasteiger charge is -2.10. The van der Waals surface area contributed by atoms with Crippen LogP contribution in [0, 0.1) is 6.92 Å². The molecule has 0 aliphatic heterocycles. The molecule has 4 aromatic rings. The van der Waals surface area contributed by atoms with Crippen LogP contribution in [-0.2, 0) is 0 Å². The molecule has 2 heterocycles. The van der Waals surface area contributed by atoms with Gasteiger partial charge < -0.3 is 9.47 Å². The Morgan fingerprint density at radius 2 is 1.69 bits per heavy atom. The van der Waals surface area contributed by atoms with Crippen LogP contribution in [-0.4, -0.2) is 29.0 Å². The monoisotopic (exact) mass is 440 g/mol. The molecule has 0 bridgehead atoms. The summed E-state index contributed by atoms with van der Waals surface area (Å²) >= 11 is 1.54. The maximum Gasteiger partial charge on any atom is 0.195 e. The molecule has 2 aromatic carbocycles. The SMILES string of the molecule is Cc1ncsc1C1=C(c2cccnc2)C(=O)c2cc(OCCOc3ccccc3)ccc21. The highest BCUT2D eigenvalue weighted by molar-refractivity contribution is 7.11. The molecule has 158 valence electrons. The number of fused-ring (bicyclic) bond motifs is 1. The normalized spacial score (nSPS) is 12.7. The minimum Gasteiger partial charge on any atom is -0.490 e. The number of carbonyl (C=O) groups is 1. The Kier molecular flexibility index (Phi) is 5.52. The van der Waals surface area contributed by atoms with Crippen molar-refractivity contribution in [3.05, 3.63) is 106 Å². The van der Waals surface area contributed by atoms with Crippen molar-refractivity contribution in [2.45, 2.75) is 6.92 Å². The first-order chi connectivity index (χ1) is 15.7. The molecule has 1 aliphatic carbocycles. The van der Waals surface area contributed by atoms with E-state index in [-0.39, 0.29) is 5.78 Å². The lowest BCUT2D eigenvalue weighted by Crippen LogP contribution is -2.09.